The van der Waals surface area contributed by atoms with Crippen LogP contribution >= 0.6 is 15.9 Å². The molecule has 220 valence electrons. The predicted octanol–water partition coefficient (Wildman–Crippen LogP) is 6.55. The van der Waals surface area contributed by atoms with Gasteiger partial charge in [-0.15, -0.1) is 0 Å². The van der Waals surface area contributed by atoms with Crippen molar-refractivity contribution in [2.45, 2.75) is 50.7 Å². The first-order valence-electron chi connectivity index (χ1n) is 11.9. The Hall–Kier alpha value is -2.95. The van der Waals surface area contributed by atoms with Crippen molar-refractivity contribution in [3.63, 3.8) is 0 Å². The third-order valence-electron chi connectivity index (χ3n) is 5.16. The van der Waals surface area contributed by atoms with E-state index < -0.39 is 49.7 Å². The molecular formula is C27H27BrF6O6. The van der Waals surface area contributed by atoms with Gasteiger partial charge in [0, 0.05) is 19.4 Å². The molecule has 13 heteroatoms. The number of halogens is 7. The van der Waals surface area contributed by atoms with E-state index in [1.165, 1.54) is 18.2 Å². The molecule has 2 rings (SSSR count). The van der Waals surface area contributed by atoms with Crippen LogP contribution in [0.3, 0.4) is 0 Å². The molecule has 40 heavy (non-hydrogen) atoms. The summed E-state index contributed by atoms with van der Waals surface area (Å²) in [5, 5.41) is 9.24. The van der Waals surface area contributed by atoms with E-state index in [9.17, 15) is 36.2 Å². The highest BCUT2D eigenvalue weighted by Crippen LogP contribution is 2.31. The van der Waals surface area contributed by atoms with Crippen molar-refractivity contribution < 1.29 is 55.2 Å². The highest BCUT2D eigenvalue weighted by Gasteiger charge is 2.38. The molecule has 6 nitrogen and oxygen atoms in total. The molecule has 1 aliphatic rings. The lowest BCUT2D eigenvalue weighted by Gasteiger charge is -2.29. The molecule has 0 radical (unpaired) electrons. The number of allylic oxidation sites excluding steroid dienone is 3. The Labute approximate surface area is 235 Å². The van der Waals surface area contributed by atoms with Gasteiger partial charge in [0.25, 0.3) is 0 Å². The Kier molecular flexibility index (Phi) is 12.2. The van der Waals surface area contributed by atoms with Gasteiger partial charge in [-0.3, -0.25) is 0 Å². The van der Waals surface area contributed by atoms with Crippen LogP contribution in [-0.4, -0.2) is 61.6 Å². The maximum Gasteiger partial charge on any atom is 0.422 e. The molecule has 0 heterocycles. The van der Waals surface area contributed by atoms with E-state index in [0.29, 0.717) is 21.4 Å². The van der Waals surface area contributed by atoms with Gasteiger partial charge in [-0.25, -0.2) is 4.79 Å². The van der Waals surface area contributed by atoms with Crippen molar-refractivity contribution in [3.8, 4) is 17.6 Å². The molecule has 1 aromatic carbocycles. The van der Waals surface area contributed by atoms with Crippen LogP contribution in [-0.2, 0) is 25.4 Å². The summed E-state index contributed by atoms with van der Waals surface area (Å²) in [6.45, 7) is 0.298. The van der Waals surface area contributed by atoms with Gasteiger partial charge < -0.3 is 24.1 Å². The summed E-state index contributed by atoms with van der Waals surface area (Å²) in [6, 6.07) is 5.03. The molecule has 0 saturated heterocycles. The van der Waals surface area contributed by atoms with E-state index in [1.807, 2.05) is 0 Å². The molecule has 1 aromatic rings. The standard InChI is InChI=1S/C27H27BrF6O6/c1-3-37-23(24(35)36)14-19-6-7-22(21(28)13-19)38-12-9-18(2)8-11-25(40-17-27(32,33)34)10-4-5-20(15-25)39-16-26(29,30)31/h4-7,9-10,13,23H,3,12,14-17H2,1-2H3,(H,35,36)/b18-9+/t23-,25?/m0/s1. The van der Waals surface area contributed by atoms with E-state index in [-0.39, 0.29) is 25.4 Å². The molecule has 2 atom stereocenters. The van der Waals surface area contributed by atoms with E-state index in [2.05, 4.69) is 27.8 Å². The number of carboxylic acid groups (broad SMARTS) is 1. The van der Waals surface area contributed by atoms with Gasteiger partial charge in [0.2, 0.25) is 0 Å². The smallest absolute Gasteiger partial charge is 0.422 e. The fourth-order valence-electron chi connectivity index (χ4n) is 3.33. The summed E-state index contributed by atoms with van der Waals surface area (Å²) in [5.41, 5.74) is -0.741. The zero-order valence-corrected chi connectivity index (χ0v) is 23.1. The Morgan fingerprint density at radius 1 is 1.18 bits per heavy atom. The van der Waals surface area contributed by atoms with Crippen molar-refractivity contribution >= 4 is 21.9 Å². The molecule has 0 aromatic heterocycles. The molecule has 1 unspecified atom stereocenters. The van der Waals surface area contributed by atoms with Gasteiger partial charge in [0.15, 0.2) is 18.3 Å². The molecule has 0 amide bonds. The second-order valence-corrected chi connectivity index (χ2v) is 9.42. The summed E-state index contributed by atoms with van der Waals surface area (Å²) < 4.78 is 97.3. The van der Waals surface area contributed by atoms with E-state index in [4.69, 9.17) is 18.9 Å². The van der Waals surface area contributed by atoms with Crippen LogP contribution in [0.5, 0.6) is 5.75 Å². The minimum atomic E-state index is -4.68. The highest BCUT2D eigenvalue weighted by molar-refractivity contribution is 9.10. The Balaban J connectivity index is 2.09. The quantitative estimate of drug-likeness (QED) is 0.206. The third kappa shape index (κ3) is 12.1. The molecule has 1 aliphatic carbocycles. The van der Waals surface area contributed by atoms with E-state index in [1.54, 1.807) is 38.1 Å². The molecular weight excluding hydrogens is 614 g/mol. The van der Waals surface area contributed by atoms with Crippen LogP contribution in [0.1, 0.15) is 25.8 Å². The molecule has 1 N–H and O–H groups in total. The zero-order valence-electron chi connectivity index (χ0n) is 21.5. The summed E-state index contributed by atoms with van der Waals surface area (Å²) in [6.07, 6.45) is -5.36. The van der Waals surface area contributed by atoms with E-state index in [0.717, 1.165) is 0 Å². The monoisotopic (exact) mass is 640 g/mol. The minimum Gasteiger partial charge on any atom is -0.488 e. The molecule has 0 aliphatic heterocycles. The Morgan fingerprint density at radius 3 is 2.48 bits per heavy atom. The average molecular weight is 641 g/mol. The number of aliphatic carboxylic acids is 1. The predicted molar refractivity (Wildman–Crippen MR) is 137 cm³/mol. The first-order valence-corrected chi connectivity index (χ1v) is 12.6. The lowest BCUT2D eigenvalue weighted by atomic mass is 9.93. The zero-order chi connectivity index (χ0) is 30.0. The van der Waals surface area contributed by atoms with Gasteiger partial charge in [-0.1, -0.05) is 24.0 Å². The lowest BCUT2D eigenvalue weighted by Crippen LogP contribution is -2.35. The normalized spacial score (nSPS) is 18.4. The summed E-state index contributed by atoms with van der Waals surface area (Å²) in [5.74, 6) is 4.42. The SMILES string of the molecule is CCO[C@@H](Cc1ccc(OC/C=C(\C)C#CC2(OCC(F)(F)F)C=CC=C(OCC(F)(F)F)C2)c(Br)c1)C(=O)O. The van der Waals surface area contributed by atoms with Gasteiger partial charge >= 0.3 is 18.3 Å². The topological polar surface area (TPSA) is 74.2 Å². The van der Waals surface area contributed by atoms with Crippen molar-refractivity contribution in [2.24, 2.45) is 0 Å². The first-order chi connectivity index (χ1) is 18.6. The van der Waals surface area contributed by atoms with Crippen LogP contribution in [0.25, 0.3) is 0 Å². The number of benzene rings is 1. The molecule has 0 bridgehead atoms. The Morgan fingerprint density at radius 2 is 1.88 bits per heavy atom. The van der Waals surface area contributed by atoms with Crippen LogP contribution in [0.15, 0.2) is 58.3 Å². The second-order valence-electron chi connectivity index (χ2n) is 8.57. The highest BCUT2D eigenvalue weighted by atomic mass is 79.9. The van der Waals surface area contributed by atoms with Gasteiger partial charge in [-0.2, -0.15) is 26.3 Å². The molecule has 0 spiro atoms. The number of hydrogen-bond acceptors (Lipinski definition) is 5. The third-order valence-corrected chi connectivity index (χ3v) is 5.78. The number of ether oxygens (including phenoxy) is 4. The summed E-state index contributed by atoms with van der Waals surface area (Å²) in [4.78, 5) is 11.3. The van der Waals surface area contributed by atoms with Gasteiger partial charge in [0.1, 0.15) is 24.7 Å². The maximum atomic E-state index is 12.8. The van der Waals surface area contributed by atoms with Crippen LogP contribution in [0, 0.1) is 11.8 Å². The van der Waals surface area contributed by atoms with Crippen LogP contribution < -0.4 is 4.74 Å². The fraction of sp³-hybridized carbons (Fsp3) is 0.444. The number of hydrogen-bond donors (Lipinski definition) is 1. The van der Waals surface area contributed by atoms with Crippen molar-refractivity contribution in [1.82, 2.24) is 0 Å². The van der Waals surface area contributed by atoms with Gasteiger partial charge in [-0.05, 0) is 71.3 Å². The number of alkyl halides is 6. The lowest BCUT2D eigenvalue weighted by molar-refractivity contribution is -0.191. The second kappa shape index (κ2) is 14.6. The minimum absolute atomic E-state index is 0.0290. The summed E-state index contributed by atoms with van der Waals surface area (Å²) in [7, 11) is 0. The van der Waals surface area contributed by atoms with E-state index >= 15 is 0 Å². The maximum absolute atomic E-state index is 12.8. The number of rotatable bonds is 12. The van der Waals surface area contributed by atoms with Crippen molar-refractivity contribution in [3.05, 3.63) is 63.9 Å². The van der Waals surface area contributed by atoms with Crippen molar-refractivity contribution in [2.75, 3.05) is 26.4 Å². The molecule has 0 fully saturated rings. The largest absolute Gasteiger partial charge is 0.488 e. The Bertz CT molecular complexity index is 1180. The van der Waals surface area contributed by atoms with Crippen LogP contribution in [0.4, 0.5) is 26.3 Å². The van der Waals surface area contributed by atoms with Crippen molar-refractivity contribution in [1.29, 1.82) is 0 Å². The molecule has 0 saturated carbocycles. The fourth-order valence-corrected chi connectivity index (χ4v) is 3.87. The summed E-state index contributed by atoms with van der Waals surface area (Å²) >= 11 is 3.37. The first kappa shape index (κ1) is 33.3. The number of carbonyl (C=O) groups is 1. The number of carboxylic acids is 1. The van der Waals surface area contributed by atoms with Gasteiger partial charge in [0.05, 0.1) is 4.47 Å². The van der Waals surface area contributed by atoms with Crippen LogP contribution in [0.2, 0.25) is 0 Å². The average Bonchev–Trinajstić information content (AvgIpc) is 2.85.